The van der Waals surface area contributed by atoms with E-state index in [1.165, 1.54) is 24.3 Å². The highest BCUT2D eigenvalue weighted by Crippen LogP contribution is 2.16. The van der Waals surface area contributed by atoms with Gasteiger partial charge >= 0.3 is 0 Å². The van der Waals surface area contributed by atoms with Crippen LogP contribution in [0.2, 0.25) is 0 Å². The molecule has 2 N–H and O–H groups in total. The zero-order chi connectivity index (χ0) is 10.5. The fraction of sp³-hybridized carbons (Fsp3) is 0.800. The van der Waals surface area contributed by atoms with E-state index in [1.807, 2.05) is 6.92 Å². The summed E-state index contributed by atoms with van der Waals surface area (Å²) in [5.74, 6) is 4.41. The Balaban J connectivity index is 1.65. The molecular weight excluding hydrogens is 208 g/mol. The lowest BCUT2D eigenvalue weighted by Crippen LogP contribution is -2.35. The molecular formula is C10H18N4S. The minimum Gasteiger partial charge on any atom is -0.313 e. The highest BCUT2D eigenvalue weighted by Gasteiger charge is 2.12. The monoisotopic (exact) mass is 226 g/mol. The van der Waals surface area contributed by atoms with Crippen LogP contribution in [0.25, 0.3) is 0 Å². The van der Waals surface area contributed by atoms with Gasteiger partial charge in [0.2, 0.25) is 0 Å². The van der Waals surface area contributed by atoms with Gasteiger partial charge in [-0.15, -0.1) is 0 Å². The number of nitrogens with one attached hydrogen (secondary N) is 2. The van der Waals surface area contributed by atoms with Gasteiger partial charge in [0.05, 0.1) is 0 Å². The summed E-state index contributed by atoms with van der Waals surface area (Å²) in [5.41, 5.74) is 0. The molecule has 1 saturated heterocycles. The molecule has 2 rings (SSSR count). The molecule has 0 radical (unpaired) electrons. The Kier molecular flexibility index (Phi) is 4.02. The van der Waals surface area contributed by atoms with Crippen molar-refractivity contribution in [1.29, 1.82) is 0 Å². The van der Waals surface area contributed by atoms with Crippen LogP contribution in [-0.2, 0) is 6.42 Å². The number of thioether (sulfide) groups is 1. The SMILES string of the molecule is Cc1nc(CCNC2CCCSC2)n[nH]1. The van der Waals surface area contributed by atoms with Crippen LogP contribution in [0.5, 0.6) is 0 Å². The van der Waals surface area contributed by atoms with Gasteiger partial charge in [-0.2, -0.15) is 16.9 Å². The molecule has 4 nitrogen and oxygen atoms in total. The Labute approximate surface area is 94.6 Å². The van der Waals surface area contributed by atoms with Gasteiger partial charge in [-0.3, -0.25) is 5.10 Å². The molecule has 1 atom stereocenters. The van der Waals surface area contributed by atoms with Crippen LogP contribution in [0.1, 0.15) is 24.5 Å². The van der Waals surface area contributed by atoms with Gasteiger partial charge in [-0.1, -0.05) is 0 Å². The molecule has 84 valence electrons. The van der Waals surface area contributed by atoms with E-state index >= 15 is 0 Å². The summed E-state index contributed by atoms with van der Waals surface area (Å²) >= 11 is 2.05. The van der Waals surface area contributed by atoms with Gasteiger partial charge in [0.1, 0.15) is 5.82 Å². The maximum atomic E-state index is 4.28. The molecule has 1 aromatic rings. The predicted octanol–water partition coefficient (Wildman–Crippen LogP) is 1.14. The Bertz CT molecular complexity index is 293. The second-order valence-electron chi connectivity index (χ2n) is 3.96. The van der Waals surface area contributed by atoms with E-state index in [1.54, 1.807) is 0 Å². The zero-order valence-corrected chi connectivity index (χ0v) is 9.94. The number of H-pyrrole nitrogens is 1. The molecule has 0 saturated carbocycles. The topological polar surface area (TPSA) is 53.6 Å². The number of nitrogens with zero attached hydrogens (tertiary/aromatic N) is 2. The van der Waals surface area contributed by atoms with Crippen LogP contribution in [0.3, 0.4) is 0 Å². The van der Waals surface area contributed by atoms with Crippen LogP contribution in [0.4, 0.5) is 0 Å². The summed E-state index contributed by atoms with van der Waals surface area (Å²) in [6, 6.07) is 0.698. The molecule has 5 heteroatoms. The lowest BCUT2D eigenvalue weighted by molar-refractivity contribution is 0.508. The first kappa shape index (κ1) is 11.0. The molecule has 15 heavy (non-hydrogen) atoms. The fourth-order valence-corrected chi connectivity index (χ4v) is 2.90. The predicted molar refractivity (Wildman–Crippen MR) is 63.2 cm³/mol. The molecule has 1 unspecified atom stereocenters. The van der Waals surface area contributed by atoms with Gasteiger partial charge in [-0.05, 0) is 25.5 Å². The first-order valence-corrected chi connectivity index (χ1v) is 6.69. The number of hydrogen-bond acceptors (Lipinski definition) is 4. The third-order valence-corrected chi connectivity index (χ3v) is 3.80. The Morgan fingerprint density at radius 1 is 1.60 bits per heavy atom. The van der Waals surface area contributed by atoms with Crippen molar-refractivity contribution in [3.8, 4) is 0 Å². The average Bonchev–Trinajstić information content (AvgIpc) is 2.66. The summed E-state index contributed by atoms with van der Waals surface area (Å²) in [6.45, 7) is 2.92. The maximum absolute atomic E-state index is 4.28. The second kappa shape index (κ2) is 5.51. The molecule has 1 aliphatic rings. The maximum Gasteiger partial charge on any atom is 0.151 e. The first-order valence-electron chi connectivity index (χ1n) is 5.53. The van der Waals surface area contributed by atoms with Gasteiger partial charge in [0.15, 0.2) is 5.82 Å². The van der Waals surface area contributed by atoms with Crippen LogP contribution in [0, 0.1) is 6.92 Å². The van der Waals surface area contributed by atoms with Gasteiger partial charge in [-0.25, -0.2) is 4.98 Å². The number of aromatic nitrogens is 3. The third kappa shape index (κ3) is 3.50. The number of hydrogen-bond donors (Lipinski definition) is 2. The summed E-state index contributed by atoms with van der Waals surface area (Å²) in [7, 11) is 0. The number of aryl methyl sites for hydroxylation is 1. The lowest BCUT2D eigenvalue weighted by atomic mass is 10.2. The normalized spacial score (nSPS) is 21.8. The Hall–Kier alpha value is -0.550. The van der Waals surface area contributed by atoms with Crippen molar-refractivity contribution in [2.75, 3.05) is 18.1 Å². The lowest BCUT2D eigenvalue weighted by Gasteiger charge is -2.22. The third-order valence-electron chi connectivity index (χ3n) is 2.59. The Morgan fingerprint density at radius 2 is 2.53 bits per heavy atom. The number of aromatic amines is 1. The first-order chi connectivity index (χ1) is 7.34. The van der Waals surface area contributed by atoms with Crippen molar-refractivity contribution in [2.45, 2.75) is 32.2 Å². The molecule has 2 heterocycles. The molecule has 0 aliphatic carbocycles. The molecule has 1 fully saturated rings. The van der Waals surface area contributed by atoms with Gasteiger partial charge in [0.25, 0.3) is 0 Å². The summed E-state index contributed by atoms with van der Waals surface area (Å²) < 4.78 is 0. The fourth-order valence-electron chi connectivity index (χ4n) is 1.79. The van der Waals surface area contributed by atoms with Crippen LogP contribution in [-0.4, -0.2) is 39.3 Å². The van der Waals surface area contributed by atoms with Crippen LogP contribution in [0.15, 0.2) is 0 Å². The minimum absolute atomic E-state index is 0.698. The number of rotatable bonds is 4. The molecule has 0 bridgehead atoms. The van der Waals surface area contributed by atoms with E-state index in [-0.39, 0.29) is 0 Å². The minimum atomic E-state index is 0.698. The van der Waals surface area contributed by atoms with Crippen LogP contribution < -0.4 is 5.32 Å². The Morgan fingerprint density at radius 3 is 3.20 bits per heavy atom. The highest BCUT2D eigenvalue weighted by molar-refractivity contribution is 7.99. The highest BCUT2D eigenvalue weighted by atomic mass is 32.2. The molecule has 1 aliphatic heterocycles. The molecule has 0 spiro atoms. The van der Waals surface area contributed by atoms with Crippen molar-refractivity contribution in [3.05, 3.63) is 11.6 Å². The second-order valence-corrected chi connectivity index (χ2v) is 5.11. The van der Waals surface area contributed by atoms with Crippen molar-refractivity contribution < 1.29 is 0 Å². The van der Waals surface area contributed by atoms with Gasteiger partial charge < -0.3 is 5.32 Å². The summed E-state index contributed by atoms with van der Waals surface area (Å²) in [6.07, 6.45) is 3.59. The zero-order valence-electron chi connectivity index (χ0n) is 9.12. The van der Waals surface area contributed by atoms with Crippen LogP contribution >= 0.6 is 11.8 Å². The molecule has 0 amide bonds. The largest absolute Gasteiger partial charge is 0.313 e. The van der Waals surface area contributed by atoms with E-state index in [2.05, 4.69) is 32.3 Å². The molecule has 0 aromatic carbocycles. The van der Waals surface area contributed by atoms with E-state index in [0.717, 1.165) is 24.6 Å². The van der Waals surface area contributed by atoms with E-state index in [4.69, 9.17) is 0 Å². The van der Waals surface area contributed by atoms with E-state index < -0.39 is 0 Å². The van der Waals surface area contributed by atoms with Crippen molar-refractivity contribution in [3.63, 3.8) is 0 Å². The van der Waals surface area contributed by atoms with E-state index in [0.29, 0.717) is 6.04 Å². The quantitative estimate of drug-likeness (QED) is 0.808. The van der Waals surface area contributed by atoms with Crippen molar-refractivity contribution in [1.82, 2.24) is 20.5 Å². The van der Waals surface area contributed by atoms with E-state index in [9.17, 15) is 0 Å². The van der Waals surface area contributed by atoms with Crippen molar-refractivity contribution >= 4 is 11.8 Å². The summed E-state index contributed by atoms with van der Waals surface area (Å²) in [4.78, 5) is 4.28. The summed E-state index contributed by atoms with van der Waals surface area (Å²) in [5, 5.41) is 10.5. The standard InChI is InChI=1S/C10H18N4S/c1-8-12-10(14-13-8)4-5-11-9-3-2-6-15-7-9/h9,11H,2-7H2,1H3,(H,12,13,14). The molecule has 1 aromatic heterocycles. The smallest absolute Gasteiger partial charge is 0.151 e. The van der Waals surface area contributed by atoms with Gasteiger partial charge in [0, 0.05) is 24.8 Å². The average molecular weight is 226 g/mol. The van der Waals surface area contributed by atoms with Crippen molar-refractivity contribution in [2.24, 2.45) is 0 Å².